The van der Waals surface area contributed by atoms with E-state index in [0.717, 1.165) is 6.07 Å². The van der Waals surface area contributed by atoms with Crippen LogP contribution in [0.4, 0.5) is 15.8 Å². The van der Waals surface area contributed by atoms with E-state index < -0.39 is 22.5 Å². The Hall–Kier alpha value is -2.18. The van der Waals surface area contributed by atoms with Crippen LogP contribution in [-0.2, 0) is 4.79 Å². The standard InChI is InChI=1S/C12H16FN3O3/c1-7(2)14-12(17)8(3)15-10-6-4-5-9(13)11(10)16(18)19/h4-8,15H,1-3H3,(H,14,17). The van der Waals surface area contributed by atoms with Gasteiger partial charge >= 0.3 is 5.69 Å². The molecule has 6 nitrogen and oxygen atoms in total. The van der Waals surface area contributed by atoms with Gasteiger partial charge < -0.3 is 10.6 Å². The summed E-state index contributed by atoms with van der Waals surface area (Å²) in [6, 6.07) is 2.96. The van der Waals surface area contributed by atoms with Gasteiger partial charge in [-0.25, -0.2) is 0 Å². The summed E-state index contributed by atoms with van der Waals surface area (Å²) < 4.78 is 13.4. The molecule has 0 aromatic heterocycles. The zero-order valence-electron chi connectivity index (χ0n) is 10.9. The highest BCUT2D eigenvalue weighted by atomic mass is 19.1. The first-order chi connectivity index (χ1) is 8.82. The molecule has 2 N–H and O–H groups in total. The van der Waals surface area contributed by atoms with Gasteiger partial charge in [0.1, 0.15) is 11.7 Å². The maximum atomic E-state index is 13.4. The van der Waals surface area contributed by atoms with E-state index in [1.807, 2.05) is 0 Å². The van der Waals surface area contributed by atoms with Crippen molar-refractivity contribution in [1.29, 1.82) is 0 Å². The Balaban J connectivity index is 2.91. The second-order valence-corrected chi connectivity index (χ2v) is 4.42. The number of amides is 1. The van der Waals surface area contributed by atoms with Crippen LogP contribution >= 0.6 is 0 Å². The van der Waals surface area contributed by atoms with Crippen LogP contribution in [0.25, 0.3) is 0 Å². The van der Waals surface area contributed by atoms with Crippen molar-refractivity contribution in [3.63, 3.8) is 0 Å². The lowest BCUT2D eigenvalue weighted by molar-refractivity contribution is -0.386. The van der Waals surface area contributed by atoms with E-state index in [9.17, 15) is 19.3 Å². The van der Waals surface area contributed by atoms with Crippen LogP contribution in [0.1, 0.15) is 20.8 Å². The molecule has 0 bridgehead atoms. The van der Waals surface area contributed by atoms with E-state index in [1.54, 1.807) is 20.8 Å². The van der Waals surface area contributed by atoms with E-state index in [-0.39, 0.29) is 17.6 Å². The maximum absolute atomic E-state index is 13.4. The third-order valence-electron chi connectivity index (χ3n) is 2.37. The number of carbonyl (C=O) groups excluding carboxylic acids is 1. The Kier molecular flexibility index (Phi) is 4.80. The van der Waals surface area contributed by atoms with Gasteiger partial charge in [0, 0.05) is 6.04 Å². The number of nitrogens with one attached hydrogen (secondary N) is 2. The fourth-order valence-corrected chi connectivity index (χ4v) is 1.53. The highest BCUT2D eigenvalue weighted by molar-refractivity contribution is 5.85. The number of carbonyl (C=O) groups is 1. The number of benzene rings is 1. The molecule has 0 saturated carbocycles. The maximum Gasteiger partial charge on any atom is 0.327 e. The van der Waals surface area contributed by atoms with Crippen LogP contribution < -0.4 is 10.6 Å². The minimum atomic E-state index is -0.938. The van der Waals surface area contributed by atoms with Crippen molar-refractivity contribution >= 4 is 17.3 Å². The lowest BCUT2D eigenvalue weighted by Crippen LogP contribution is -2.41. The Morgan fingerprint density at radius 2 is 2.00 bits per heavy atom. The molecule has 0 radical (unpaired) electrons. The minimum absolute atomic E-state index is 0.0172. The summed E-state index contributed by atoms with van der Waals surface area (Å²) in [6.07, 6.45) is 0. The third kappa shape index (κ3) is 3.90. The van der Waals surface area contributed by atoms with Crippen LogP contribution in [0, 0.1) is 15.9 Å². The van der Waals surface area contributed by atoms with E-state index in [1.165, 1.54) is 12.1 Å². The molecule has 1 atom stereocenters. The van der Waals surface area contributed by atoms with Crippen molar-refractivity contribution in [2.45, 2.75) is 32.9 Å². The number of hydrogen-bond acceptors (Lipinski definition) is 4. The number of halogens is 1. The molecular weight excluding hydrogens is 253 g/mol. The molecule has 7 heteroatoms. The average molecular weight is 269 g/mol. The second-order valence-electron chi connectivity index (χ2n) is 4.42. The molecule has 0 aliphatic rings. The summed E-state index contributed by atoms with van der Waals surface area (Å²) in [5.41, 5.74) is -0.678. The van der Waals surface area contributed by atoms with Crippen LogP contribution in [-0.4, -0.2) is 22.9 Å². The Morgan fingerprint density at radius 1 is 1.37 bits per heavy atom. The summed E-state index contributed by atoms with van der Waals surface area (Å²) in [4.78, 5) is 21.7. The SMILES string of the molecule is CC(C)NC(=O)C(C)Nc1cccc(F)c1[N+](=O)[O-]. The molecule has 0 saturated heterocycles. The third-order valence-corrected chi connectivity index (χ3v) is 2.37. The molecular formula is C12H16FN3O3. The van der Waals surface area contributed by atoms with Crippen molar-refractivity contribution in [2.24, 2.45) is 0 Å². The molecule has 0 spiro atoms. The predicted molar refractivity (Wildman–Crippen MR) is 69.4 cm³/mol. The summed E-state index contributed by atoms with van der Waals surface area (Å²) in [5.74, 6) is -1.25. The lowest BCUT2D eigenvalue weighted by atomic mass is 10.2. The number of nitro groups is 1. The van der Waals surface area contributed by atoms with E-state index in [2.05, 4.69) is 10.6 Å². The van der Waals surface area contributed by atoms with Crippen molar-refractivity contribution in [2.75, 3.05) is 5.32 Å². The van der Waals surface area contributed by atoms with Gasteiger partial charge in [-0.3, -0.25) is 14.9 Å². The van der Waals surface area contributed by atoms with Gasteiger partial charge in [-0.1, -0.05) is 6.07 Å². The van der Waals surface area contributed by atoms with Gasteiger partial charge in [-0.05, 0) is 32.9 Å². The fourth-order valence-electron chi connectivity index (χ4n) is 1.53. The molecule has 0 aliphatic carbocycles. The van der Waals surface area contributed by atoms with E-state index in [0.29, 0.717) is 0 Å². The normalized spacial score (nSPS) is 12.1. The first kappa shape index (κ1) is 14.9. The van der Waals surface area contributed by atoms with Crippen LogP contribution in [0.15, 0.2) is 18.2 Å². The highest BCUT2D eigenvalue weighted by Crippen LogP contribution is 2.27. The molecule has 1 amide bonds. The van der Waals surface area contributed by atoms with Gasteiger partial charge in [0.2, 0.25) is 11.7 Å². The molecule has 1 unspecified atom stereocenters. The van der Waals surface area contributed by atoms with E-state index in [4.69, 9.17) is 0 Å². The Labute approximate surface area is 110 Å². The van der Waals surface area contributed by atoms with Crippen molar-refractivity contribution in [3.05, 3.63) is 34.1 Å². The van der Waals surface area contributed by atoms with Gasteiger partial charge in [0.05, 0.1) is 4.92 Å². The Morgan fingerprint density at radius 3 is 2.53 bits per heavy atom. The summed E-state index contributed by atoms with van der Waals surface area (Å²) in [5, 5.41) is 16.1. The number of rotatable bonds is 5. The zero-order chi connectivity index (χ0) is 14.6. The topological polar surface area (TPSA) is 84.3 Å². The van der Waals surface area contributed by atoms with Crippen LogP contribution in [0.2, 0.25) is 0 Å². The second kappa shape index (κ2) is 6.12. The van der Waals surface area contributed by atoms with Gasteiger partial charge in [0.25, 0.3) is 0 Å². The number of anilines is 1. The number of nitrogens with zero attached hydrogens (tertiary/aromatic N) is 1. The zero-order valence-corrected chi connectivity index (χ0v) is 10.9. The number of nitro benzene ring substituents is 1. The van der Waals surface area contributed by atoms with Crippen LogP contribution in [0.5, 0.6) is 0 Å². The molecule has 1 aromatic rings. The molecule has 104 valence electrons. The minimum Gasteiger partial charge on any atom is -0.368 e. The fraction of sp³-hybridized carbons (Fsp3) is 0.417. The molecule has 0 heterocycles. The molecule has 19 heavy (non-hydrogen) atoms. The van der Waals surface area contributed by atoms with E-state index >= 15 is 0 Å². The largest absolute Gasteiger partial charge is 0.368 e. The van der Waals surface area contributed by atoms with Gasteiger partial charge in [0.15, 0.2) is 0 Å². The Bertz CT molecular complexity index is 491. The molecule has 0 fully saturated rings. The summed E-state index contributed by atoms with van der Waals surface area (Å²) in [6.45, 7) is 5.15. The van der Waals surface area contributed by atoms with Crippen LogP contribution in [0.3, 0.4) is 0 Å². The smallest absolute Gasteiger partial charge is 0.327 e. The van der Waals surface area contributed by atoms with Crippen molar-refractivity contribution in [3.8, 4) is 0 Å². The van der Waals surface area contributed by atoms with Crippen molar-refractivity contribution < 1.29 is 14.1 Å². The summed E-state index contributed by atoms with van der Waals surface area (Å²) >= 11 is 0. The van der Waals surface area contributed by atoms with Gasteiger partial charge in [-0.2, -0.15) is 4.39 Å². The molecule has 1 rings (SSSR count). The quantitative estimate of drug-likeness (QED) is 0.633. The monoisotopic (exact) mass is 269 g/mol. The molecule has 1 aromatic carbocycles. The van der Waals surface area contributed by atoms with Gasteiger partial charge in [-0.15, -0.1) is 0 Å². The summed E-state index contributed by atoms with van der Waals surface area (Å²) in [7, 11) is 0. The lowest BCUT2D eigenvalue weighted by Gasteiger charge is -2.17. The highest BCUT2D eigenvalue weighted by Gasteiger charge is 2.23. The number of para-hydroxylation sites is 1. The molecule has 0 aliphatic heterocycles. The average Bonchev–Trinajstić information content (AvgIpc) is 2.27. The number of hydrogen-bond donors (Lipinski definition) is 2. The first-order valence-corrected chi connectivity index (χ1v) is 5.82. The first-order valence-electron chi connectivity index (χ1n) is 5.82. The van der Waals surface area contributed by atoms with Crippen molar-refractivity contribution in [1.82, 2.24) is 5.32 Å². The predicted octanol–water partition coefficient (Wildman–Crippen LogP) is 2.06.